The number of carbonyl (C=O) groups is 2. The number of halogens is 1. The van der Waals surface area contributed by atoms with Gasteiger partial charge in [0.25, 0.3) is 0 Å². The molecule has 0 bridgehead atoms. The van der Waals surface area contributed by atoms with Crippen LogP contribution in [-0.4, -0.2) is 30.3 Å². The minimum Gasteiger partial charge on any atom is -0.493 e. The fourth-order valence-electron chi connectivity index (χ4n) is 1.74. The van der Waals surface area contributed by atoms with Crippen molar-refractivity contribution in [2.24, 2.45) is 0 Å². The molecule has 0 N–H and O–H groups in total. The number of hydrogen-bond acceptors (Lipinski definition) is 4. The summed E-state index contributed by atoms with van der Waals surface area (Å²) in [5.41, 5.74) is 0.756. The molecule has 1 rings (SSSR count). The number of ether oxygens (including phenoxy) is 2. The first-order chi connectivity index (χ1) is 10.6. The van der Waals surface area contributed by atoms with E-state index in [-0.39, 0.29) is 5.78 Å². The molecule has 0 aliphatic rings. The zero-order valence-corrected chi connectivity index (χ0v) is 14.4. The Morgan fingerprint density at radius 3 is 2.68 bits per heavy atom. The van der Waals surface area contributed by atoms with Gasteiger partial charge in [0.1, 0.15) is 11.3 Å². The van der Waals surface area contributed by atoms with Gasteiger partial charge in [-0.3, -0.25) is 4.79 Å². The number of allylic oxidation sites excluding steroid dienone is 1. The summed E-state index contributed by atoms with van der Waals surface area (Å²) in [5.74, 6) is -0.131. The Balaban J connectivity index is 2.86. The zero-order valence-electron chi connectivity index (χ0n) is 12.8. The van der Waals surface area contributed by atoms with E-state index in [0.29, 0.717) is 30.1 Å². The number of Topliss-reactive ketones (excluding diaryl/α,β-unsaturated/α-hetero) is 1. The molecule has 0 radical (unpaired) electrons. The number of rotatable bonds is 10. The van der Waals surface area contributed by atoms with E-state index in [2.05, 4.69) is 22.5 Å². The molecule has 0 saturated carbocycles. The van der Waals surface area contributed by atoms with Gasteiger partial charge in [0.15, 0.2) is 5.78 Å². The largest absolute Gasteiger partial charge is 0.493 e. The third-order valence-electron chi connectivity index (χ3n) is 2.93. The highest BCUT2D eigenvalue weighted by Crippen LogP contribution is 2.22. The summed E-state index contributed by atoms with van der Waals surface area (Å²) >= 11 is 3.28. The SMILES string of the molecule is C=CCCCOc1ccc(C(C)=O)cc1C(=O)OCCCBr. The standard InChI is InChI=1S/C17H21BrO4/c1-3-4-5-10-21-16-8-7-14(13(2)19)12-15(16)17(20)22-11-6-9-18/h3,7-8,12H,1,4-6,9-11H2,2H3. The van der Waals surface area contributed by atoms with E-state index in [4.69, 9.17) is 9.47 Å². The van der Waals surface area contributed by atoms with E-state index in [1.54, 1.807) is 12.1 Å². The van der Waals surface area contributed by atoms with Crippen molar-refractivity contribution >= 4 is 27.7 Å². The van der Waals surface area contributed by atoms with Crippen LogP contribution in [0.3, 0.4) is 0 Å². The van der Waals surface area contributed by atoms with Crippen LogP contribution in [0.4, 0.5) is 0 Å². The van der Waals surface area contributed by atoms with Gasteiger partial charge in [0.05, 0.1) is 13.2 Å². The second kappa shape index (κ2) is 10.2. The van der Waals surface area contributed by atoms with Crippen molar-refractivity contribution < 1.29 is 19.1 Å². The molecule has 0 spiro atoms. The van der Waals surface area contributed by atoms with Gasteiger partial charge < -0.3 is 9.47 Å². The molecule has 1 aromatic rings. The summed E-state index contributed by atoms with van der Waals surface area (Å²) in [6.07, 6.45) is 4.21. The van der Waals surface area contributed by atoms with Crippen LogP contribution < -0.4 is 4.74 Å². The maximum atomic E-state index is 12.2. The third kappa shape index (κ3) is 6.02. The Morgan fingerprint density at radius 2 is 2.05 bits per heavy atom. The Morgan fingerprint density at radius 1 is 1.27 bits per heavy atom. The number of benzene rings is 1. The lowest BCUT2D eigenvalue weighted by atomic mass is 10.1. The summed E-state index contributed by atoms with van der Waals surface area (Å²) in [7, 11) is 0. The maximum Gasteiger partial charge on any atom is 0.341 e. The number of hydrogen-bond donors (Lipinski definition) is 0. The van der Waals surface area contributed by atoms with Crippen molar-refractivity contribution in [3.05, 3.63) is 42.0 Å². The first kappa shape index (κ1) is 18.4. The molecule has 0 heterocycles. The fourth-order valence-corrected chi connectivity index (χ4v) is 1.97. The van der Waals surface area contributed by atoms with Crippen molar-refractivity contribution in [1.29, 1.82) is 0 Å². The van der Waals surface area contributed by atoms with Crippen LogP contribution >= 0.6 is 15.9 Å². The topological polar surface area (TPSA) is 52.6 Å². The van der Waals surface area contributed by atoms with E-state index in [9.17, 15) is 9.59 Å². The number of esters is 1. The van der Waals surface area contributed by atoms with Crippen LogP contribution in [0.5, 0.6) is 5.75 Å². The van der Waals surface area contributed by atoms with Gasteiger partial charge in [0.2, 0.25) is 0 Å². The van der Waals surface area contributed by atoms with Crippen LogP contribution in [-0.2, 0) is 4.74 Å². The molecule has 4 nitrogen and oxygen atoms in total. The Hall–Kier alpha value is -1.62. The van der Waals surface area contributed by atoms with E-state index < -0.39 is 5.97 Å². The predicted molar refractivity (Wildman–Crippen MR) is 90.1 cm³/mol. The highest BCUT2D eigenvalue weighted by atomic mass is 79.9. The number of unbranched alkanes of at least 4 members (excludes halogenated alkanes) is 1. The van der Waals surface area contributed by atoms with Gasteiger partial charge in [0, 0.05) is 10.9 Å². The Kier molecular flexibility index (Phi) is 8.51. The average molecular weight is 369 g/mol. The second-order valence-corrected chi connectivity index (χ2v) is 5.52. The highest BCUT2D eigenvalue weighted by molar-refractivity contribution is 9.09. The van der Waals surface area contributed by atoms with Crippen LogP contribution in [0.15, 0.2) is 30.9 Å². The molecule has 1 aromatic carbocycles. The van der Waals surface area contributed by atoms with E-state index in [0.717, 1.165) is 24.6 Å². The van der Waals surface area contributed by atoms with Gasteiger partial charge in [-0.25, -0.2) is 4.79 Å². The van der Waals surface area contributed by atoms with Crippen molar-refractivity contribution in [3.8, 4) is 5.75 Å². The van der Waals surface area contributed by atoms with Crippen LogP contribution in [0.1, 0.15) is 46.9 Å². The van der Waals surface area contributed by atoms with Crippen LogP contribution in [0.2, 0.25) is 0 Å². The minimum atomic E-state index is -0.470. The van der Waals surface area contributed by atoms with Gasteiger partial charge in [-0.05, 0) is 44.4 Å². The quantitative estimate of drug-likeness (QED) is 0.204. The molecule has 0 unspecified atom stereocenters. The first-order valence-electron chi connectivity index (χ1n) is 7.22. The van der Waals surface area contributed by atoms with Crippen LogP contribution in [0.25, 0.3) is 0 Å². The van der Waals surface area contributed by atoms with Gasteiger partial charge in [-0.2, -0.15) is 0 Å². The molecule has 0 saturated heterocycles. The molecule has 0 aliphatic carbocycles. The summed E-state index contributed by atoms with van der Waals surface area (Å²) in [6.45, 7) is 5.91. The van der Waals surface area contributed by atoms with Crippen molar-refractivity contribution in [2.45, 2.75) is 26.2 Å². The van der Waals surface area contributed by atoms with Crippen molar-refractivity contribution in [1.82, 2.24) is 0 Å². The lowest BCUT2D eigenvalue weighted by Gasteiger charge is -2.12. The number of carbonyl (C=O) groups excluding carboxylic acids is 2. The van der Waals surface area contributed by atoms with Gasteiger partial charge in [-0.1, -0.05) is 22.0 Å². The summed E-state index contributed by atoms with van der Waals surface area (Å²) < 4.78 is 10.8. The highest BCUT2D eigenvalue weighted by Gasteiger charge is 2.16. The maximum absolute atomic E-state index is 12.2. The lowest BCUT2D eigenvalue weighted by molar-refractivity contribution is 0.0502. The van der Waals surface area contributed by atoms with Crippen molar-refractivity contribution in [3.63, 3.8) is 0 Å². The summed E-state index contributed by atoms with van der Waals surface area (Å²) in [6, 6.07) is 4.83. The van der Waals surface area contributed by atoms with E-state index in [1.165, 1.54) is 13.0 Å². The number of alkyl halides is 1. The molecule has 0 fully saturated rings. The average Bonchev–Trinajstić information content (AvgIpc) is 2.51. The third-order valence-corrected chi connectivity index (χ3v) is 3.49. The van der Waals surface area contributed by atoms with E-state index >= 15 is 0 Å². The van der Waals surface area contributed by atoms with Crippen molar-refractivity contribution in [2.75, 3.05) is 18.5 Å². The molecule has 0 atom stereocenters. The molecular formula is C17H21BrO4. The van der Waals surface area contributed by atoms with Crippen LogP contribution in [0, 0.1) is 0 Å². The lowest BCUT2D eigenvalue weighted by Crippen LogP contribution is -2.11. The molecule has 0 aliphatic heterocycles. The minimum absolute atomic E-state index is 0.104. The molecule has 0 aromatic heterocycles. The van der Waals surface area contributed by atoms with Gasteiger partial charge >= 0.3 is 5.97 Å². The predicted octanol–water partition coefficient (Wildman–Crippen LogP) is 4.18. The Bertz CT molecular complexity index is 525. The Labute approximate surface area is 139 Å². The normalized spacial score (nSPS) is 10.1. The summed E-state index contributed by atoms with van der Waals surface area (Å²) in [4.78, 5) is 23.6. The molecular weight excluding hydrogens is 348 g/mol. The number of ketones is 1. The molecule has 5 heteroatoms. The molecule has 0 amide bonds. The van der Waals surface area contributed by atoms with E-state index in [1.807, 2.05) is 6.08 Å². The van der Waals surface area contributed by atoms with Gasteiger partial charge in [-0.15, -0.1) is 6.58 Å². The summed E-state index contributed by atoms with van der Waals surface area (Å²) in [5, 5.41) is 0.763. The fraction of sp³-hybridized carbons (Fsp3) is 0.412. The smallest absolute Gasteiger partial charge is 0.341 e. The second-order valence-electron chi connectivity index (χ2n) is 4.72. The zero-order chi connectivity index (χ0) is 16.4. The molecule has 120 valence electrons. The molecule has 22 heavy (non-hydrogen) atoms. The monoisotopic (exact) mass is 368 g/mol. The first-order valence-corrected chi connectivity index (χ1v) is 8.34.